The molecule has 0 aromatic heterocycles. The van der Waals surface area contributed by atoms with Gasteiger partial charge in [-0.2, -0.15) is 8.42 Å². The Kier molecular flexibility index (Phi) is 23.1. The van der Waals surface area contributed by atoms with Crippen molar-refractivity contribution in [3.63, 3.8) is 0 Å². The van der Waals surface area contributed by atoms with Crippen LogP contribution in [0.2, 0.25) is 0 Å². The first-order valence-corrected chi connectivity index (χ1v) is 28.0. The highest BCUT2D eigenvalue weighted by molar-refractivity contribution is 7.85. The number of rotatable bonds is 20. The Hall–Kier alpha value is -5.67. The van der Waals surface area contributed by atoms with Crippen molar-refractivity contribution in [2.75, 3.05) is 128 Å². The second-order valence-corrected chi connectivity index (χ2v) is 20.6. The largest absolute Gasteiger partial charge is 0.493 e. The molecule has 4 aromatic carbocycles. The first-order valence-electron chi connectivity index (χ1n) is 25.1. The molecule has 4 aromatic rings. The number of nitrogens with zero attached hydrogens (tertiary/aromatic N) is 6. The first kappa shape index (κ1) is 61.2. The predicted octanol–water partition coefficient (Wildman–Crippen LogP) is 7.95. The van der Waals surface area contributed by atoms with E-state index in [1.807, 2.05) is 30.3 Å². The summed E-state index contributed by atoms with van der Waals surface area (Å²) in [5.41, 5.74) is 4.74. The predicted molar refractivity (Wildman–Crippen MR) is 297 cm³/mol. The Morgan fingerprint density at radius 2 is 0.947 bits per heavy atom. The van der Waals surface area contributed by atoms with E-state index in [1.165, 1.54) is 24.0 Å². The van der Waals surface area contributed by atoms with E-state index < -0.39 is 22.2 Å². The number of hydrogen-bond donors (Lipinski definition) is 1. The third-order valence-corrected chi connectivity index (χ3v) is 14.5. The van der Waals surface area contributed by atoms with Crippen LogP contribution in [0.25, 0.3) is 0 Å². The number of anilines is 2. The number of benzene rings is 4. The number of likely N-dealkylation sites (N-methyl/N-ethyl adjacent to an activating group) is 2. The Morgan fingerprint density at radius 1 is 0.566 bits per heavy atom. The SMILES string of the molecule is C.CCN1CCN(c2cccc3c2C(=O)N([C@H](CCCO)c2ccc(OC)c(OC)c2)C3=O)CC1.CCN1CCN(c2cccc3c2C(=O)N([C@H](CCCOS(C)(=O)=O)c2ccc(OC)c(OC)c2)C3=O)CC1.ClCCl. The number of fused-ring (bicyclic) bond motifs is 2. The minimum atomic E-state index is -3.61. The molecule has 1 N–H and O–H groups in total. The van der Waals surface area contributed by atoms with Gasteiger partial charge in [0, 0.05) is 59.0 Å². The Bertz CT molecular complexity index is 2740. The van der Waals surface area contributed by atoms with Crippen molar-refractivity contribution in [1.82, 2.24) is 19.6 Å². The van der Waals surface area contributed by atoms with Gasteiger partial charge in [0.1, 0.15) is 0 Å². The summed E-state index contributed by atoms with van der Waals surface area (Å²) < 4.78 is 49.5. The summed E-state index contributed by atoms with van der Waals surface area (Å²) in [4.78, 5) is 66.8. The summed E-state index contributed by atoms with van der Waals surface area (Å²) in [6.07, 6.45) is 2.51. The molecule has 0 unspecified atom stereocenters. The van der Waals surface area contributed by atoms with Gasteiger partial charge in [-0.25, -0.2) is 0 Å². The molecule has 0 radical (unpaired) electrons. The third kappa shape index (κ3) is 14.1. The summed E-state index contributed by atoms with van der Waals surface area (Å²) in [5, 5.41) is 9.70. The molecule has 18 nitrogen and oxygen atoms in total. The summed E-state index contributed by atoms with van der Waals surface area (Å²) in [5.74, 6) is 0.770. The van der Waals surface area contributed by atoms with E-state index >= 15 is 0 Å². The molecule has 4 aliphatic heterocycles. The molecule has 2 fully saturated rings. The van der Waals surface area contributed by atoms with Crippen LogP contribution in [0.4, 0.5) is 11.4 Å². The van der Waals surface area contributed by atoms with E-state index in [0.29, 0.717) is 76.5 Å². The molecular weight excluding hydrogens is 1040 g/mol. The van der Waals surface area contributed by atoms with Crippen LogP contribution in [-0.2, 0) is 14.3 Å². The van der Waals surface area contributed by atoms with Gasteiger partial charge in [-0.15, -0.1) is 23.2 Å². The molecule has 4 aliphatic rings. The topological polar surface area (TPSA) is 188 Å². The van der Waals surface area contributed by atoms with Crippen molar-refractivity contribution in [2.45, 2.75) is 59.0 Å². The average molecular weight is 1110 g/mol. The van der Waals surface area contributed by atoms with Gasteiger partial charge < -0.3 is 43.7 Å². The molecule has 2 atom stereocenters. The van der Waals surface area contributed by atoms with E-state index in [-0.39, 0.29) is 49.6 Å². The minimum Gasteiger partial charge on any atom is -0.493 e. The standard InChI is InChI=1S/C27H35N3O7S.C26H33N3O5.CH2Cl2.CH4/c1-5-28-13-15-29(16-14-28)22-9-6-8-20-25(22)27(32)30(26(20)31)21(10-7-17-37-38(4,33)34)19-11-12-23(35-2)24(18-19)36-3;1-4-27-12-14-28(15-13-27)21-8-5-7-19-24(21)26(32)29(25(19)31)20(9-6-16-30)18-10-11-22(33-2)23(17-18)34-3;2-1-3;/h6,8-9,11-12,18,21H,5,7,10,13-17H2,1-4H3;5,7-8,10-11,17,20,30H,4,6,9,12-16H2,1-3H3;1H2;1H4/t21-;20-;;/m11../s1. The molecule has 0 saturated carbocycles. The van der Waals surface area contributed by atoms with Crippen LogP contribution >= 0.6 is 23.2 Å². The maximum Gasteiger partial charge on any atom is 0.264 e. The number of alkyl halides is 2. The van der Waals surface area contributed by atoms with Gasteiger partial charge in [-0.3, -0.25) is 33.2 Å². The normalized spacial score (nSPS) is 16.4. The molecule has 2 saturated heterocycles. The molecule has 21 heteroatoms. The number of amides is 4. The molecule has 0 bridgehead atoms. The number of halogens is 2. The zero-order valence-electron chi connectivity index (χ0n) is 43.9. The maximum absolute atomic E-state index is 14.0. The lowest BCUT2D eigenvalue weighted by Crippen LogP contribution is -2.46. The molecule has 4 amide bonds. The lowest BCUT2D eigenvalue weighted by molar-refractivity contribution is 0.0553. The van der Waals surface area contributed by atoms with Gasteiger partial charge in [0.25, 0.3) is 33.7 Å². The zero-order valence-corrected chi connectivity index (χ0v) is 46.2. The number of methoxy groups -OCH3 is 4. The van der Waals surface area contributed by atoms with Crippen molar-refractivity contribution < 1.29 is 55.8 Å². The van der Waals surface area contributed by atoms with Crippen LogP contribution in [0.5, 0.6) is 23.0 Å². The summed E-state index contributed by atoms with van der Waals surface area (Å²) in [7, 11) is 2.56. The van der Waals surface area contributed by atoms with E-state index in [9.17, 15) is 32.7 Å². The van der Waals surface area contributed by atoms with Crippen LogP contribution in [0.1, 0.15) is 112 Å². The van der Waals surface area contributed by atoms with Crippen LogP contribution in [0.3, 0.4) is 0 Å². The first-order chi connectivity index (χ1) is 36.1. The average Bonchev–Trinajstić information content (AvgIpc) is 3.88. The quantitative estimate of drug-likeness (QED) is 0.0388. The van der Waals surface area contributed by atoms with Gasteiger partial charge in [0.15, 0.2) is 23.0 Å². The summed E-state index contributed by atoms with van der Waals surface area (Å²) in [6, 6.07) is 20.4. The smallest absolute Gasteiger partial charge is 0.264 e. The molecule has 76 heavy (non-hydrogen) atoms. The van der Waals surface area contributed by atoms with E-state index in [1.54, 1.807) is 56.7 Å². The van der Waals surface area contributed by atoms with Crippen LogP contribution in [0, 0.1) is 0 Å². The van der Waals surface area contributed by atoms with E-state index in [2.05, 4.69) is 33.4 Å². The number of hydrogen-bond acceptors (Lipinski definition) is 16. The fraction of sp³-hybridized carbons (Fsp3) is 0.491. The summed E-state index contributed by atoms with van der Waals surface area (Å²) in [6.45, 7) is 13.0. The van der Waals surface area contributed by atoms with E-state index in [0.717, 1.165) is 88.6 Å². The minimum absolute atomic E-state index is 0. The number of imide groups is 2. The number of carbonyl (C=O) groups is 4. The number of aliphatic hydroxyl groups excluding tert-OH is 1. The van der Waals surface area contributed by atoms with Crippen LogP contribution < -0.4 is 28.7 Å². The van der Waals surface area contributed by atoms with Crippen LogP contribution in [-0.4, -0.2) is 175 Å². The van der Waals surface area contributed by atoms with Gasteiger partial charge in [0.05, 0.1) is 92.4 Å². The van der Waals surface area contributed by atoms with Gasteiger partial charge in [-0.1, -0.05) is 45.5 Å². The molecule has 4 heterocycles. The van der Waals surface area contributed by atoms with Crippen molar-refractivity contribution in [2.24, 2.45) is 0 Å². The lowest BCUT2D eigenvalue weighted by atomic mass is 9.99. The van der Waals surface area contributed by atoms with Crippen LogP contribution in [0.15, 0.2) is 72.8 Å². The Morgan fingerprint density at radius 3 is 1.29 bits per heavy atom. The van der Waals surface area contributed by atoms with E-state index in [4.69, 9.17) is 46.3 Å². The zero-order chi connectivity index (χ0) is 54.4. The monoisotopic (exact) mass is 1110 g/mol. The number of aliphatic hydroxyl groups is 1. The third-order valence-electron chi connectivity index (χ3n) is 13.9. The molecule has 0 aliphatic carbocycles. The molecular formula is C55H74Cl2N6O12S. The maximum atomic E-state index is 14.0. The van der Waals surface area contributed by atoms with Gasteiger partial charge >= 0.3 is 0 Å². The highest BCUT2D eigenvalue weighted by Crippen LogP contribution is 2.43. The lowest BCUT2D eigenvalue weighted by Gasteiger charge is -2.36. The number of piperazine rings is 2. The molecule has 8 rings (SSSR count). The molecule has 416 valence electrons. The Labute approximate surface area is 458 Å². The highest BCUT2D eigenvalue weighted by atomic mass is 35.5. The van der Waals surface area contributed by atoms with Crippen molar-refractivity contribution >= 4 is 68.3 Å². The van der Waals surface area contributed by atoms with Crippen molar-refractivity contribution in [3.05, 3.63) is 106 Å². The Balaban J connectivity index is 0.000000265. The van der Waals surface area contributed by atoms with Gasteiger partial charge in [-0.05, 0) is 98.4 Å². The second kappa shape index (κ2) is 28.6. The fourth-order valence-electron chi connectivity index (χ4n) is 10.1. The number of ether oxygens (including phenoxy) is 4. The van der Waals surface area contributed by atoms with Crippen molar-refractivity contribution in [1.29, 1.82) is 0 Å². The number of carbonyl (C=O) groups excluding carboxylic acids is 4. The highest BCUT2D eigenvalue weighted by Gasteiger charge is 2.45. The molecule has 0 spiro atoms. The fourth-order valence-corrected chi connectivity index (χ4v) is 10.5. The van der Waals surface area contributed by atoms with Crippen molar-refractivity contribution in [3.8, 4) is 23.0 Å². The van der Waals surface area contributed by atoms with Gasteiger partial charge in [0.2, 0.25) is 0 Å². The summed E-state index contributed by atoms with van der Waals surface area (Å²) >= 11 is 9.53. The second-order valence-electron chi connectivity index (χ2n) is 18.1.